The van der Waals surface area contributed by atoms with Gasteiger partial charge in [-0.05, 0) is 25.1 Å². The van der Waals surface area contributed by atoms with Gasteiger partial charge in [0, 0.05) is 33.1 Å². The Morgan fingerprint density at radius 2 is 2.04 bits per heavy atom. The number of methoxy groups -OCH3 is 1. The van der Waals surface area contributed by atoms with Gasteiger partial charge in [-0.25, -0.2) is 4.98 Å². The van der Waals surface area contributed by atoms with E-state index >= 15 is 0 Å². The lowest BCUT2D eigenvalue weighted by molar-refractivity contribution is 0.415. The summed E-state index contributed by atoms with van der Waals surface area (Å²) in [5, 5.41) is 8.23. The van der Waals surface area contributed by atoms with Crippen LogP contribution in [-0.2, 0) is 0 Å². The lowest BCUT2D eigenvalue weighted by Crippen LogP contribution is -1.91. The summed E-state index contributed by atoms with van der Waals surface area (Å²) >= 11 is 1.53. The molecule has 130 valence electrons. The first-order chi connectivity index (χ1) is 12.7. The highest BCUT2D eigenvalue weighted by Crippen LogP contribution is 2.26. The molecule has 0 amide bonds. The molecule has 2 N–H and O–H groups in total. The molecule has 26 heavy (non-hydrogen) atoms. The topological polar surface area (TPSA) is 62.3 Å². The van der Waals surface area contributed by atoms with E-state index in [4.69, 9.17) is 4.74 Å². The molecule has 2 aromatic carbocycles. The molecule has 0 unspecified atom stereocenters. The van der Waals surface area contributed by atoms with E-state index in [0.717, 1.165) is 44.3 Å². The van der Waals surface area contributed by atoms with E-state index in [1.54, 1.807) is 7.11 Å². The number of aryl methyl sites for hydroxylation is 1. The molecule has 0 aliphatic rings. The molecular weight excluding hydrogens is 344 g/mol. The van der Waals surface area contributed by atoms with Crippen LogP contribution < -0.4 is 10.2 Å². The summed E-state index contributed by atoms with van der Waals surface area (Å²) in [4.78, 5) is 7.94. The van der Waals surface area contributed by atoms with Gasteiger partial charge in [-0.1, -0.05) is 30.3 Å². The fourth-order valence-corrected chi connectivity index (χ4v) is 3.51. The number of hydrazone groups is 1. The maximum atomic E-state index is 5.32. The van der Waals surface area contributed by atoms with Crippen molar-refractivity contribution < 1.29 is 4.74 Å². The predicted molar refractivity (Wildman–Crippen MR) is 108 cm³/mol. The normalized spacial score (nSPS) is 11.3. The number of hydrogen-bond donors (Lipinski definition) is 2. The molecular formula is C20H18N4OS. The van der Waals surface area contributed by atoms with Crippen molar-refractivity contribution >= 4 is 33.6 Å². The molecule has 2 heterocycles. The first-order valence-corrected chi connectivity index (χ1v) is 9.09. The first kappa shape index (κ1) is 16.4. The molecule has 5 nitrogen and oxygen atoms in total. The predicted octanol–water partition coefficient (Wildman–Crippen LogP) is 5.05. The van der Waals surface area contributed by atoms with E-state index in [1.807, 2.05) is 67.0 Å². The number of rotatable bonds is 5. The van der Waals surface area contributed by atoms with Crippen molar-refractivity contribution in [1.82, 2.24) is 9.97 Å². The zero-order valence-corrected chi connectivity index (χ0v) is 15.3. The van der Waals surface area contributed by atoms with Gasteiger partial charge in [-0.3, -0.25) is 5.43 Å². The zero-order valence-electron chi connectivity index (χ0n) is 14.5. The van der Waals surface area contributed by atoms with E-state index in [1.165, 1.54) is 11.3 Å². The Hall–Kier alpha value is -3.12. The Morgan fingerprint density at radius 3 is 2.85 bits per heavy atom. The van der Waals surface area contributed by atoms with Crippen LogP contribution in [0.1, 0.15) is 11.3 Å². The Labute approximate surface area is 155 Å². The van der Waals surface area contributed by atoms with Gasteiger partial charge in [0.1, 0.15) is 5.75 Å². The molecule has 4 rings (SSSR count). The van der Waals surface area contributed by atoms with Crippen molar-refractivity contribution in [3.05, 3.63) is 65.2 Å². The van der Waals surface area contributed by atoms with Crippen molar-refractivity contribution in [2.24, 2.45) is 5.10 Å². The fraction of sp³-hybridized carbons (Fsp3) is 0.100. The molecule has 0 aliphatic carbocycles. The molecule has 0 saturated heterocycles. The summed E-state index contributed by atoms with van der Waals surface area (Å²) in [5.74, 6) is 0.825. The lowest BCUT2D eigenvalue weighted by Gasteiger charge is -1.99. The number of thiazole rings is 1. The average molecular weight is 362 g/mol. The third kappa shape index (κ3) is 3.19. The van der Waals surface area contributed by atoms with Crippen LogP contribution in [0.4, 0.5) is 5.13 Å². The van der Waals surface area contributed by atoms with Gasteiger partial charge in [0.15, 0.2) is 0 Å². The Morgan fingerprint density at radius 1 is 1.19 bits per heavy atom. The number of fused-ring (bicyclic) bond motifs is 1. The van der Waals surface area contributed by atoms with Crippen LogP contribution >= 0.6 is 11.3 Å². The van der Waals surface area contributed by atoms with Gasteiger partial charge in [0.05, 0.1) is 19.0 Å². The van der Waals surface area contributed by atoms with Crippen molar-refractivity contribution in [3.63, 3.8) is 0 Å². The first-order valence-electron chi connectivity index (χ1n) is 8.21. The number of nitrogens with one attached hydrogen (secondary N) is 2. The Balaban J connectivity index is 1.55. The molecule has 6 heteroatoms. The van der Waals surface area contributed by atoms with E-state index in [-0.39, 0.29) is 0 Å². The molecule has 2 aromatic heterocycles. The third-order valence-electron chi connectivity index (χ3n) is 4.17. The fourth-order valence-electron chi connectivity index (χ4n) is 2.84. The standard InChI is InChI=1S/C20H18N4OS/c1-13-17(16-10-15(25-2)8-9-18(16)22-13)11-21-24-20-23-19(12-26-20)14-6-4-3-5-7-14/h3-12,22H,1-2H3,(H,23,24). The van der Waals surface area contributed by atoms with Gasteiger partial charge in [0.2, 0.25) is 5.13 Å². The van der Waals surface area contributed by atoms with Crippen molar-refractivity contribution in [1.29, 1.82) is 0 Å². The van der Waals surface area contributed by atoms with Crippen LogP contribution in [0.2, 0.25) is 0 Å². The number of H-pyrrole nitrogens is 1. The van der Waals surface area contributed by atoms with Gasteiger partial charge >= 0.3 is 0 Å². The number of nitrogens with zero attached hydrogens (tertiary/aromatic N) is 2. The molecule has 0 spiro atoms. The molecule has 0 radical (unpaired) electrons. The SMILES string of the molecule is COc1ccc2[nH]c(C)c(C=NNc3nc(-c4ccccc4)cs3)c2c1. The summed E-state index contributed by atoms with van der Waals surface area (Å²) in [6.07, 6.45) is 1.82. The summed E-state index contributed by atoms with van der Waals surface area (Å²) in [7, 11) is 1.67. The van der Waals surface area contributed by atoms with Crippen LogP contribution in [0.15, 0.2) is 59.0 Å². The minimum absolute atomic E-state index is 0.759. The summed E-state index contributed by atoms with van der Waals surface area (Å²) in [6.45, 7) is 2.03. The number of benzene rings is 2. The van der Waals surface area contributed by atoms with Gasteiger partial charge in [-0.15, -0.1) is 11.3 Å². The number of ether oxygens (including phenoxy) is 1. The number of aromatic nitrogens is 2. The van der Waals surface area contributed by atoms with Gasteiger partial charge in [0.25, 0.3) is 0 Å². The largest absolute Gasteiger partial charge is 0.497 e. The highest BCUT2D eigenvalue weighted by Gasteiger charge is 2.08. The molecule has 0 bridgehead atoms. The second-order valence-corrected chi connectivity index (χ2v) is 6.71. The molecule has 0 saturated carbocycles. The molecule has 4 aromatic rings. The number of anilines is 1. The highest BCUT2D eigenvalue weighted by atomic mass is 32.1. The van der Waals surface area contributed by atoms with E-state index < -0.39 is 0 Å². The maximum Gasteiger partial charge on any atom is 0.203 e. The highest BCUT2D eigenvalue weighted by molar-refractivity contribution is 7.14. The minimum atomic E-state index is 0.759. The third-order valence-corrected chi connectivity index (χ3v) is 4.92. The number of aromatic amines is 1. The maximum absolute atomic E-state index is 5.32. The summed E-state index contributed by atoms with van der Waals surface area (Å²) in [6, 6.07) is 16.1. The van der Waals surface area contributed by atoms with Crippen LogP contribution in [-0.4, -0.2) is 23.3 Å². The monoisotopic (exact) mass is 362 g/mol. The van der Waals surface area contributed by atoms with Crippen molar-refractivity contribution in [2.75, 3.05) is 12.5 Å². The van der Waals surface area contributed by atoms with Gasteiger partial charge < -0.3 is 9.72 Å². The van der Waals surface area contributed by atoms with Gasteiger partial charge in [-0.2, -0.15) is 5.10 Å². The summed E-state index contributed by atoms with van der Waals surface area (Å²) < 4.78 is 5.32. The summed E-state index contributed by atoms with van der Waals surface area (Å²) in [5.41, 5.74) is 8.22. The van der Waals surface area contributed by atoms with E-state index in [2.05, 4.69) is 20.5 Å². The van der Waals surface area contributed by atoms with Crippen LogP contribution in [0.5, 0.6) is 5.75 Å². The van der Waals surface area contributed by atoms with E-state index in [9.17, 15) is 0 Å². The molecule has 0 atom stereocenters. The second-order valence-electron chi connectivity index (χ2n) is 5.85. The van der Waals surface area contributed by atoms with Crippen LogP contribution in [0.25, 0.3) is 22.2 Å². The quantitative estimate of drug-likeness (QED) is 0.385. The average Bonchev–Trinajstić information content (AvgIpc) is 3.27. The smallest absolute Gasteiger partial charge is 0.203 e. The minimum Gasteiger partial charge on any atom is -0.497 e. The van der Waals surface area contributed by atoms with E-state index in [0.29, 0.717) is 0 Å². The second kappa shape index (κ2) is 7.01. The molecule has 0 fully saturated rings. The zero-order chi connectivity index (χ0) is 17.9. The van der Waals surface area contributed by atoms with Crippen molar-refractivity contribution in [3.8, 4) is 17.0 Å². The van der Waals surface area contributed by atoms with Crippen LogP contribution in [0, 0.1) is 6.92 Å². The van der Waals surface area contributed by atoms with Crippen LogP contribution in [0.3, 0.4) is 0 Å². The molecule has 0 aliphatic heterocycles. The van der Waals surface area contributed by atoms with Crippen molar-refractivity contribution in [2.45, 2.75) is 6.92 Å². The Kier molecular flexibility index (Phi) is 4.41. The number of hydrogen-bond acceptors (Lipinski definition) is 5. The lowest BCUT2D eigenvalue weighted by atomic mass is 10.1. The Bertz CT molecular complexity index is 1070.